The number of rotatable bonds is 12. The number of hydrogen-bond acceptors (Lipinski definition) is 12. The van der Waals surface area contributed by atoms with Crippen LogP contribution in [0.3, 0.4) is 0 Å². The molecule has 2 aromatic rings. The summed E-state index contributed by atoms with van der Waals surface area (Å²) in [6, 6.07) is 6.93. The Balaban J connectivity index is 2.47. The highest BCUT2D eigenvalue weighted by Gasteiger charge is 2.22. The first kappa shape index (κ1) is 27.8. The van der Waals surface area contributed by atoms with Gasteiger partial charge < -0.3 is 29.6 Å². The van der Waals surface area contributed by atoms with Crippen LogP contribution < -0.4 is 10.6 Å². The average molecular weight is 501 g/mol. The van der Waals surface area contributed by atoms with Crippen molar-refractivity contribution in [3.63, 3.8) is 0 Å². The van der Waals surface area contributed by atoms with Crippen LogP contribution in [0.4, 0.5) is 11.8 Å². The number of para-hydroxylation sites is 1. The summed E-state index contributed by atoms with van der Waals surface area (Å²) in [5.74, 6) is -3.26. The van der Waals surface area contributed by atoms with E-state index in [0.29, 0.717) is 10.9 Å². The van der Waals surface area contributed by atoms with E-state index in [1.54, 1.807) is 52.0 Å². The summed E-state index contributed by atoms with van der Waals surface area (Å²) in [6.07, 6.45) is 2.22. The lowest BCUT2D eigenvalue weighted by Crippen LogP contribution is -2.20. The second-order valence-corrected chi connectivity index (χ2v) is 6.70. The first-order valence-electron chi connectivity index (χ1n) is 11.2. The van der Waals surface area contributed by atoms with Crippen molar-refractivity contribution in [2.45, 2.75) is 27.7 Å². The number of anilines is 2. The molecule has 12 heteroatoms. The third-order valence-corrected chi connectivity index (χ3v) is 4.28. The number of nitrogens with zero attached hydrogens (tertiary/aromatic N) is 2. The topological polar surface area (TPSA) is 155 Å². The molecule has 1 heterocycles. The third kappa shape index (κ3) is 7.52. The van der Waals surface area contributed by atoms with Gasteiger partial charge >= 0.3 is 23.9 Å². The summed E-state index contributed by atoms with van der Waals surface area (Å²) in [7, 11) is 0. The molecule has 1 aromatic carbocycles. The molecule has 2 N–H and O–H groups in total. The van der Waals surface area contributed by atoms with Gasteiger partial charge in [-0.25, -0.2) is 24.2 Å². The van der Waals surface area contributed by atoms with E-state index in [1.165, 1.54) is 0 Å². The molecule has 0 atom stereocenters. The highest BCUT2D eigenvalue weighted by atomic mass is 16.6. The molecule has 0 spiro atoms. The normalized spacial score (nSPS) is 10.0. The molecular formula is C24H28N4O8. The maximum absolute atomic E-state index is 12.3. The van der Waals surface area contributed by atoms with E-state index in [4.69, 9.17) is 18.9 Å². The number of carbonyl (C=O) groups excluding carboxylic acids is 4. The van der Waals surface area contributed by atoms with Crippen molar-refractivity contribution >= 4 is 46.5 Å². The Bertz CT molecular complexity index is 1140. The summed E-state index contributed by atoms with van der Waals surface area (Å²) >= 11 is 0. The van der Waals surface area contributed by atoms with Gasteiger partial charge in [0.25, 0.3) is 0 Å². The van der Waals surface area contributed by atoms with Crippen LogP contribution in [0, 0.1) is 0 Å². The van der Waals surface area contributed by atoms with Crippen molar-refractivity contribution in [3.8, 4) is 0 Å². The standard InChI is InChI=1S/C24H28N4O8/c1-5-33-20(29)16(21(30)34-6-2)13-25-19-15-11-9-10-12-18(15)27-24(28-19)26-14-17(22(31)35-7-3)23(32)36-8-4/h9-14H,5-8H2,1-4H3,(H2,25,26,27,28). The lowest BCUT2D eigenvalue weighted by molar-refractivity contribution is -0.148. The van der Waals surface area contributed by atoms with E-state index >= 15 is 0 Å². The maximum Gasteiger partial charge on any atom is 0.347 e. The van der Waals surface area contributed by atoms with E-state index in [-0.39, 0.29) is 49.3 Å². The molecule has 0 radical (unpaired) electrons. The molecule has 0 unspecified atom stereocenters. The Kier molecular flexibility index (Phi) is 10.8. The molecule has 0 bridgehead atoms. The van der Waals surface area contributed by atoms with Gasteiger partial charge in [-0.15, -0.1) is 0 Å². The quantitative estimate of drug-likeness (QED) is 0.145. The van der Waals surface area contributed by atoms with E-state index in [2.05, 4.69) is 20.6 Å². The van der Waals surface area contributed by atoms with Crippen LogP contribution in [0.1, 0.15) is 27.7 Å². The van der Waals surface area contributed by atoms with Crippen LogP contribution in [-0.2, 0) is 38.1 Å². The van der Waals surface area contributed by atoms with E-state index in [1.807, 2.05) is 0 Å². The van der Waals surface area contributed by atoms with Crippen LogP contribution in [0.5, 0.6) is 0 Å². The first-order valence-corrected chi connectivity index (χ1v) is 11.2. The summed E-state index contributed by atoms with van der Waals surface area (Å²) in [6.45, 7) is 6.68. The molecule has 2 rings (SSSR count). The Morgan fingerprint density at radius 3 is 1.61 bits per heavy atom. The minimum atomic E-state index is -0.876. The van der Waals surface area contributed by atoms with Crippen molar-refractivity contribution in [1.82, 2.24) is 9.97 Å². The summed E-state index contributed by atoms with van der Waals surface area (Å²) < 4.78 is 19.7. The molecule has 0 aliphatic heterocycles. The lowest BCUT2D eigenvalue weighted by Gasteiger charge is -2.11. The molecule has 0 fully saturated rings. The molecule has 0 aliphatic carbocycles. The van der Waals surface area contributed by atoms with Gasteiger partial charge in [0.05, 0.1) is 31.9 Å². The number of ether oxygens (including phenoxy) is 4. The van der Waals surface area contributed by atoms with Crippen molar-refractivity contribution in [1.29, 1.82) is 0 Å². The van der Waals surface area contributed by atoms with Gasteiger partial charge in [0.1, 0.15) is 5.82 Å². The SMILES string of the molecule is CCOC(=O)C(=CNc1nc(NC=C(C(=O)OCC)C(=O)OCC)c2ccccc2n1)C(=O)OCC. The summed E-state index contributed by atoms with van der Waals surface area (Å²) in [5, 5.41) is 6.08. The predicted molar refractivity (Wildman–Crippen MR) is 129 cm³/mol. The molecule has 0 aliphatic rings. The predicted octanol–water partition coefficient (Wildman–Crippen LogP) is 2.47. The monoisotopic (exact) mass is 500 g/mol. The second kappa shape index (κ2) is 14.0. The van der Waals surface area contributed by atoms with Crippen molar-refractivity contribution < 1.29 is 38.1 Å². The van der Waals surface area contributed by atoms with Crippen LogP contribution in [0.25, 0.3) is 10.9 Å². The fourth-order valence-electron chi connectivity index (χ4n) is 2.77. The zero-order valence-electron chi connectivity index (χ0n) is 20.5. The number of carbonyl (C=O) groups is 4. The largest absolute Gasteiger partial charge is 0.462 e. The Morgan fingerprint density at radius 1 is 0.694 bits per heavy atom. The van der Waals surface area contributed by atoms with Gasteiger partial charge in [0.15, 0.2) is 11.1 Å². The lowest BCUT2D eigenvalue weighted by atomic mass is 10.2. The van der Waals surface area contributed by atoms with Crippen LogP contribution >= 0.6 is 0 Å². The summed E-state index contributed by atoms with van der Waals surface area (Å²) in [4.78, 5) is 57.6. The Hall–Kier alpha value is -4.48. The summed E-state index contributed by atoms with van der Waals surface area (Å²) in [5.41, 5.74) is -0.249. The fourth-order valence-corrected chi connectivity index (χ4v) is 2.77. The van der Waals surface area contributed by atoms with E-state index in [9.17, 15) is 19.2 Å². The van der Waals surface area contributed by atoms with E-state index < -0.39 is 23.9 Å². The molecular weight excluding hydrogens is 472 g/mol. The zero-order chi connectivity index (χ0) is 26.5. The molecule has 1 aromatic heterocycles. The molecule has 0 saturated carbocycles. The van der Waals surface area contributed by atoms with Gasteiger partial charge in [0.2, 0.25) is 5.95 Å². The second-order valence-electron chi connectivity index (χ2n) is 6.70. The number of nitrogens with one attached hydrogen (secondary N) is 2. The maximum atomic E-state index is 12.3. The number of hydrogen-bond donors (Lipinski definition) is 2. The van der Waals surface area contributed by atoms with Crippen molar-refractivity contribution in [3.05, 3.63) is 47.8 Å². The number of benzene rings is 1. The number of aromatic nitrogens is 2. The van der Waals surface area contributed by atoms with Crippen molar-refractivity contribution in [2.24, 2.45) is 0 Å². The zero-order valence-corrected chi connectivity index (χ0v) is 20.5. The minimum Gasteiger partial charge on any atom is -0.462 e. The van der Waals surface area contributed by atoms with Gasteiger partial charge in [0, 0.05) is 17.8 Å². The van der Waals surface area contributed by atoms with E-state index in [0.717, 1.165) is 12.4 Å². The molecule has 0 saturated heterocycles. The van der Waals surface area contributed by atoms with Gasteiger partial charge in [-0.3, -0.25) is 0 Å². The molecule has 12 nitrogen and oxygen atoms in total. The highest BCUT2D eigenvalue weighted by Crippen LogP contribution is 2.22. The van der Waals surface area contributed by atoms with Crippen molar-refractivity contribution in [2.75, 3.05) is 37.1 Å². The van der Waals surface area contributed by atoms with Gasteiger partial charge in [-0.2, -0.15) is 4.98 Å². The van der Waals surface area contributed by atoms with Gasteiger partial charge in [-0.05, 0) is 39.8 Å². The minimum absolute atomic E-state index is 0.00418. The Labute approximate surface area is 207 Å². The average Bonchev–Trinajstić information content (AvgIpc) is 2.85. The highest BCUT2D eigenvalue weighted by molar-refractivity contribution is 6.15. The number of esters is 4. The molecule has 36 heavy (non-hydrogen) atoms. The molecule has 192 valence electrons. The third-order valence-electron chi connectivity index (χ3n) is 4.28. The fraction of sp³-hybridized carbons (Fsp3) is 0.333. The first-order chi connectivity index (χ1) is 17.4. The Morgan fingerprint density at radius 2 is 1.14 bits per heavy atom. The number of fused-ring (bicyclic) bond motifs is 1. The van der Waals surface area contributed by atoms with Crippen LogP contribution in [-0.4, -0.2) is 60.3 Å². The smallest absolute Gasteiger partial charge is 0.347 e. The molecule has 0 amide bonds. The van der Waals surface area contributed by atoms with Gasteiger partial charge in [-0.1, -0.05) is 12.1 Å². The van der Waals surface area contributed by atoms with Crippen LogP contribution in [0.15, 0.2) is 47.8 Å². The van der Waals surface area contributed by atoms with Crippen LogP contribution in [0.2, 0.25) is 0 Å².